The molecule has 2 heterocycles. The van der Waals surface area contributed by atoms with Crippen LogP contribution < -0.4 is 5.32 Å². The summed E-state index contributed by atoms with van der Waals surface area (Å²) in [4.78, 5) is 0. The van der Waals surface area contributed by atoms with Crippen molar-refractivity contribution in [1.82, 2.24) is 19.6 Å². The van der Waals surface area contributed by atoms with Crippen molar-refractivity contribution in [3.63, 3.8) is 0 Å². The number of nitrogens with zero attached hydrogens (tertiary/aromatic N) is 4. The fraction of sp³-hybridized carbons (Fsp3) is 0.571. The lowest BCUT2D eigenvalue weighted by Crippen LogP contribution is -2.10. The molecule has 0 aromatic carbocycles. The molecule has 7 heteroatoms. The van der Waals surface area contributed by atoms with Crippen LogP contribution in [0.2, 0.25) is 0 Å². The van der Waals surface area contributed by atoms with Crippen LogP contribution in [0.4, 0.5) is 10.1 Å². The number of rotatable bonds is 7. The smallest absolute Gasteiger partial charge is 0.109 e. The van der Waals surface area contributed by atoms with E-state index in [0.29, 0.717) is 13.1 Å². The Morgan fingerprint density at radius 3 is 2.67 bits per heavy atom. The van der Waals surface area contributed by atoms with E-state index in [2.05, 4.69) is 28.5 Å². The number of aryl methyl sites for hydroxylation is 3. The van der Waals surface area contributed by atoms with Gasteiger partial charge in [0.15, 0.2) is 0 Å². The van der Waals surface area contributed by atoms with Crippen LogP contribution in [0.3, 0.4) is 0 Å². The lowest BCUT2D eigenvalue weighted by molar-refractivity contribution is 0.423. The second kappa shape index (κ2) is 8.02. The van der Waals surface area contributed by atoms with Crippen molar-refractivity contribution in [2.75, 3.05) is 12.0 Å². The molecule has 2 rings (SSSR count). The third-order valence-electron chi connectivity index (χ3n) is 3.28. The fourth-order valence-corrected chi connectivity index (χ4v) is 2.26. The molecule has 0 saturated carbocycles. The van der Waals surface area contributed by atoms with E-state index in [1.807, 2.05) is 18.5 Å². The van der Waals surface area contributed by atoms with Gasteiger partial charge in [-0.15, -0.1) is 12.4 Å². The van der Waals surface area contributed by atoms with Gasteiger partial charge in [-0.05, 0) is 26.3 Å². The first-order valence-corrected chi connectivity index (χ1v) is 7.01. The third-order valence-corrected chi connectivity index (χ3v) is 3.28. The first kappa shape index (κ1) is 17.5. The second-order valence-corrected chi connectivity index (χ2v) is 4.91. The van der Waals surface area contributed by atoms with Crippen LogP contribution in [0.1, 0.15) is 30.4 Å². The van der Waals surface area contributed by atoms with Crippen molar-refractivity contribution in [3.05, 3.63) is 29.3 Å². The third kappa shape index (κ3) is 4.20. The molecule has 0 unspecified atom stereocenters. The summed E-state index contributed by atoms with van der Waals surface area (Å²) in [6.07, 6.45) is 2.81. The molecule has 0 saturated heterocycles. The van der Waals surface area contributed by atoms with Crippen LogP contribution in [-0.2, 0) is 19.6 Å². The van der Waals surface area contributed by atoms with E-state index < -0.39 is 6.67 Å². The van der Waals surface area contributed by atoms with E-state index in [4.69, 9.17) is 0 Å². The molecular formula is C14H23ClFN5. The SMILES string of the molecule is CCCn1nc(C)cc1CNc1cnn(CCF)c1C.Cl. The summed E-state index contributed by atoms with van der Waals surface area (Å²) in [5.74, 6) is 0. The Balaban J connectivity index is 0.00000220. The molecule has 2 aromatic heterocycles. The van der Waals surface area contributed by atoms with E-state index in [1.54, 1.807) is 10.9 Å². The number of nitrogens with one attached hydrogen (secondary N) is 1. The van der Waals surface area contributed by atoms with Gasteiger partial charge in [-0.1, -0.05) is 6.92 Å². The van der Waals surface area contributed by atoms with Gasteiger partial charge in [-0.3, -0.25) is 9.36 Å². The molecule has 21 heavy (non-hydrogen) atoms. The monoisotopic (exact) mass is 315 g/mol. The molecule has 0 fully saturated rings. The highest BCUT2D eigenvalue weighted by Gasteiger charge is 2.08. The maximum absolute atomic E-state index is 12.4. The van der Waals surface area contributed by atoms with Crippen LogP contribution in [0, 0.1) is 13.8 Å². The number of hydrogen-bond acceptors (Lipinski definition) is 3. The minimum Gasteiger partial charge on any atom is -0.377 e. The molecule has 0 radical (unpaired) electrons. The number of anilines is 1. The van der Waals surface area contributed by atoms with Crippen LogP contribution in [-0.4, -0.2) is 26.2 Å². The highest BCUT2D eigenvalue weighted by atomic mass is 35.5. The molecule has 0 bridgehead atoms. The summed E-state index contributed by atoms with van der Waals surface area (Å²) >= 11 is 0. The molecule has 5 nitrogen and oxygen atoms in total. The molecule has 0 atom stereocenters. The predicted molar refractivity (Wildman–Crippen MR) is 84.8 cm³/mol. The number of alkyl halides is 1. The Bertz CT molecular complexity index is 564. The predicted octanol–water partition coefficient (Wildman–Crippen LogP) is 3.11. The molecule has 0 amide bonds. The van der Waals surface area contributed by atoms with Crippen LogP contribution in [0.15, 0.2) is 12.3 Å². The van der Waals surface area contributed by atoms with Crippen LogP contribution in [0.25, 0.3) is 0 Å². The van der Waals surface area contributed by atoms with Gasteiger partial charge in [0.1, 0.15) is 6.67 Å². The molecule has 1 N–H and O–H groups in total. The van der Waals surface area contributed by atoms with Crippen molar-refractivity contribution in [2.45, 2.75) is 46.8 Å². The zero-order chi connectivity index (χ0) is 14.5. The summed E-state index contributed by atoms with van der Waals surface area (Å²) < 4.78 is 16.1. The zero-order valence-electron chi connectivity index (χ0n) is 12.8. The van der Waals surface area contributed by atoms with Gasteiger partial charge in [0.05, 0.1) is 42.1 Å². The lowest BCUT2D eigenvalue weighted by atomic mass is 10.3. The first-order chi connectivity index (χ1) is 9.65. The molecule has 0 spiro atoms. The van der Waals surface area contributed by atoms with Gasteiger partial charge in [0.2, 0.25) is 0 Å². The fourth-order valence-electron chi connectivity index (χ4n) is 2.26. The Hall–Kier alpha value is -1.56. The topological polar surface area (TPSA) is 47.7 Å². The molecule has 0 aliphatic heterocycles. The first-order valence-electron chi connectivity index (χ1n) is 7.01. The van der Waals surface area contributed by atoms with Crippen molar-refractivity contribution in [2.24, 2.45) is 0 Å². The van der Waals surface area contributed by atoms with E-state index in [9.17, 15) is 4.39 Å². The molecule has 2 aromatic rings. The molecule has 118 valence electrons. The number of halogens is 2. The van der Waals surface area contributed by atoms with Gasteiger partial charge in [0, 0.05) is 6.54 Å². The molecular weight excluding hydrogens is 293 g/mol. The van der Waals surface area contributed by atoms with Crippen LogP contribution >= 0.6 is 12.4 Å². The van der Waals surface area contributed by atoms with Crippen LogP contribution in [0.5, 0.6) is 0 Å². The van der Waals surface area contributed by atoms with Gasteiger partial charge in [-0.2, -0.15) is 10.2 Å². The normalized spacial score (nSPS) is 10.5. The minimum atomic E-state index is -0.398. The maximum Gasteiger partial charge on any atom is 0.109 e. The minimum absolute atomic E-state index is 0. The van der Waals surface area contributed by atoms with E-state index in [-0.39, 0.29) is 12.4 Å². The van der Waals surface area contributed by atoms with Gasteiger partial charge in [0.25, 0.3) is 0 Å². The largest absolute Gasteiger partial charge is 0.377 e. The average molecular weight is 316 g/mol. The van der Waals surface area contributed by atoms with Crippen molar-refractivity contribution >= 4 is 18.1 Å². The molecule has 0 aliphatic rings. The van der Waals surface area contributed by atoms with E-state index in [0.717, 1.165) is 35.7 Å². The molecule has 0 aliphatic carbocycles. The average Bonchev–Trinajstić information content (AvgIpc) is 2.93. The quantitative estimate of drug-likeness (QED) is 0.854. The van der Waals surface area contributed by atoms with Gasteiger partial charge >= 0.3 is 0 Å². The highest BCUT2D eigenvalue weighted by Crippen LogP contribution is 2.15. The zero-order valence-corrected chi connectivity index (χ0v) is 13.6. The summed E-state index contributed by atoms with van der Waals surface area (Å²) in [6, 6.07) is 2.09. The summed E-state index contributed by atoms with van der Waals surface area (Å²) in [5, 5.41) is 12.0. The van der Waals surface area contributed by atoms with Gasteiger partial charge < -0.3 is 5.32 Å². The Morgan fingerprint density at radius 2 is 2.00 bits per heavy atom. The van der Waals surface area contributed by atoms with E-state index in [1.165, 1.54) is 0 Å². The highest BCUT2D eigenvalue weighted by molar-refractivity contribution is 5.85. The summed E-state index contributed by atoms with van der Waals surface area (Å²) in [6.45, 7) is 7.61. The summed E-state index contributed by atoms with van der Waals surface area (Å²) in [5.41, 5.74) is 4.09. The summed E-state index contributed by atoms with van der Waals surface area (Å²) in [7, 11) is 0. The van der Waals surface area contributed by atoms with Gasteiger partial charge in [-0.25, -0.2) is 4.39 Å². The Morgan fingerprint density at radius 1 is 1.24 bits per heavy atom. The Labute approximate surface area is 130 Å². The second-order valence-electron chi connectivity index (χ2n) is 4.91. The van der Waals surface area contributed by atoms with Crippen molar-refractivity contribution < 1.29 is 4.39 Å². The maximum atomic E-state index is 12.4. The van der Waals surface area contributed by atoms with E-state index >= 15 is 0 Å². The number of aromatic nitrogens is 4. The van der Waals surface area contributed by atoms with Crippen molar-refractivity contribution in [3.8, 4) is 0 Å². The lowest BCUT2D eigenvalue weighted by Gasteiger charge is -2.08. The van der Waals surface area contributed by atoms with Crippen molar-refractivity contribution in [1.29, 1.82) is 0 Å². The number of hydrogen-bond donors (Lipinski definition) is 1. The Kier molecular flexibility index (Phi) is 6.68. The standard InChI is InChI=1S/C14H22FN5.ClH/c1-4-6-20-13(8-11(2)18-20)9-16-14-10-17-19(7-5-15)12(14)3;/h8,10,16H,4-7,9H2,1-3H3;1H.